The molecule has 2 heteroatoms. The lowest BCUT2D eigenvalue weighted by Gasteiger charge is -2.33. The van der Waals surface area contributed by atoms with E-state index in [-0.39, 0.29) is 0 Å². The summed E-state index contributed by atoms with van der Waals surface area (Å²) in [6.07, 6.45) is 2.77. The fourth-order valence-corrected chi connectivity index (χ4v) is 0.474. The lowest BCUT2D eigenvalue weighted by molar-refractivity contribution is -0.773. The van der Waals surface area contributed by atoms with Crippen molar-refractivity contribution >= 4 is 7.98 Å². The predicted molar refractivity (Wildman–Crippen MR) is 41.8 cm³/mol. The highest BCUT2D eigenvalue weighted by molar-refractivity contribution is 5.97. The van der Waals surface area contributed by atoms with Crippen LogP contribution in [0.15, 0.2) is 0 Å². The van der Waals surface area contributed by atoms with E-state index in [0.717, 1.165) is 0 Å². The number of quaternary nitrogens is 1. The molecule has 0 N–H and O–H groups in total. The summed E-state index contributed by atoms with van der Waals surface area (Å²) in [6, 6.07) is 0. The first kappa shape index (κ1) is 8.02. The van der Waals surface area contributed by atoms with Crippen LogP contribution >= 0.6 is 0 Å². The van der Waals surface area contributed by atoms with Gasteiger partial charge in [-0.2, -0.15) is 0 Å². The monoisotopic (exact) mass is 115 g/mol. The third kappa shape index (κ3) is 6.02. The van der Waals surface area contributed by atoms with Crippen molar-refractivity contribution in [3.8, 4) is 0 Å². The average Bonchev–Trinajstić information content (AvgIpc) is 1.59. The molecule has 0 aliphatic rings. The van der Waals surface area contributed by atoms with Gasteiger partial charge in [-0.1, -0.05) is 13.3 Å². The first-order valence-corrected chi connectivity index (χ1v) is 2.92. The number of hydrogen-bond donors (Lipinski definition) is 0. The Bertz CT molecular complexity index is 56.0. The summed E-state index contributed by atoms with van der Waals surface area (Å²) < 4.78 is 1.36. The van der Waals surface area contributed by atoms with Gasteiger partial charge in [0.25, 0.3) is 0 Å². The molecule has 0 saturated heterocycles. The molecule has 0 heterocycles. The maximum atomic E-state index is 2.34. The number of unbranched alkanes of at least 4 members (excludes halogenated alkanes) is 1. The number of hydrogen-bond acceptors (Lipinski definition) is 0. The Morgan fingerprint density at radius 3 is 2.00 bits per heavy atom. The largest absolute Gasteiger partial charge is 0.527 e. The van der Waals surface area contributed by atoms with E-state index in [9.17, 15) is 0 Å². The molecule has 0 spiro atoms. The van der Waals surface area contributed by atoms with Gasteiger partial charge in [-0.3, -0.25) is 0 Å². The van der Waals surface area contributed by atoms with E-state index in [2.05, 4.69) is 21.0 Å². The summed E-state index contributed by atoms with van der Waals surface area (Å²) in [5, 5.41) is 0. The maximum Gasteiger partial charge on any atom is 0.168 e. The normalized spacial score (nSPS) is 12.0. The number of rotatable bonds is 3. The van der Waals surface area contributed by atoms with Crippen LogP contribution in [0.2, 0.25) is 0 Å². The quantitative estimate of drug-likeness (QED) is 0.459. The summed E-state index contributed by atoms with van der Waals surface area (Å²) in [4.78, 5) is 0. The van der Waals surface area contributed by atoms with Crippen molar-refractivity contribution in [1.82, 2.24) is 0 Å². The molecular formula is C6H18BN. The molecular weight excluding hydrogens is 96.9 g/mol. The van der Waals surface area contributed by atoms with Gasteiger partial charge in [-0.15, -0.1) is 0 Å². The molecule has 0 radical (unpaired) electrons. The van der Waals surface area contributed by atoms with E-state index in [1.54, 1.807) is 0 Å². The lowest BCUT2D eigenvalue weighted by atomic mass is 10.2. The van der Waals surface area contributed by atoms with Crippen molar-refractivity contribution in [3.63, 3.8) is 0 Å². The summed E-state index contributed by atoms with van der Waals surface area (Å²) >= 11 is 0. The zero-order chi connectivity index (χ0) is 6.62. The minimum absolute atomic E-state index is 0.518. The van der Waals surface area contributed by atoms with Crippen molar-refractivity contribution in [3.05, 3.63) is 0 Å². The van der Waals surface area contributed by atoms with E-state index in [1.807, 2.05) is 0 Å². The molecule has 0 unspecified atom stereocenters. The Hall–Kier alpha value is 0.0249. The third-order valence-corrected chi connectivity index (χ3v) is 0.959. The maximum absolute atomic E-state index is 2.34. The highest BCUT2D eigenvalue weighted by Crippen LogP contribution is 1.94. The fourth-order valence-electron chi connectivity index (χ4n) is 0.474. The average molecular weight is 115 g/mol. The molecule has 0 fully saturated rings. The zero-order valence-corrected chi connectivity index (χ0v) is 5.57. The second-order valence-electron chi connectivity index (χ2n) is 2.16. The smallest absolute Gasteiger partial charge is 0.168 e. The van der Waals surface area contributed by atoms with Gasteiger partial charge in [0.1, 0.15) is 0 Å². The van der Waals surface area contributed by atoms with E-state index in [4.69, 9.17) is 0 Å². The SMILES string of the molecule is [BH3-][N+](C)(C)CCCC. The van der Waals surface area contributed by atoms with Crippen LogP contribution in [0.5, 0.6) is 0 Å². The third-order valence-electron chi connectivity index (χ3n) is 0.959. The molecule has 0 rings (SSSR count). The molecule has 0 aromatic carbocycles. The highest BCUT2D eigenvalue weighted by Gasteiger charge is 1.95. The van der Waals surface area contributed by atoms with Crippen LogP contribution in [0.25, 0.3) is 0 Å². The van der Waals surface area contributed by atoms with Crippen LogP contribution in [0.1, 0.15) is 19.8 Å². The van der Waals surface area contributed by atoms with Crippen molar-refractivity contribution < 1.29 is 4.39 Å². The molecule has 0 aliphatic heterocycles. The van der Waals surface area contributed by atoms with Gasteiger partial charge in [0.15, 0.2) is 7.98 Å². The summed E-state index contributed by atoms with van der Waals surface area (Å²) in [5.41, 5.74) is 0. The van der Waals surface area contributed by atoms with Gasteiger partial charge in [-0.05, 0) is 6.42 Å². The molecule has 0 aromatic heterocycles. The fraction of sp³-hybridized carbons (Fsp3) is 1.00. The lowest BCUT2D eigenvalue weighted by Crippen LogP contribution is -2.36. The zero-order valence-electron chi connectivity index (χ0n) is 5.57. The van der Waals surface area contributed by atoms with Gasteiger partial charge in [-0.25, -0.2) is 0 Å². The van der Waals surface area contributed by atoms with Gasteiger partial charge < -0.3 is 4.39 Å². The van der Waals surface area contributed by atoms with E-state index in [1.165, 1.54) is 23.8 Å². The van der Waals surface area contributed by atoms with Gasteiger partial charge in [0.2, 0.25) is 0 Å². The van der Waals surface area contributed by atoms with Crippen LogP contribution in [-0.4, -0.2) is 33.0 Å². The van der Waals surface area contributed by atoms with Gasteiger partial charge in [0.05, 0.1) is 0 Å². The minimum Gasteiger partial charge on any atom is -0.527 e. The summed E-state index contributed by atoms with van der Waals surface area (Å²) in [7, 11) is 5.20. The Morgan fingerprint density at radius 1 is 1.38 bits per heavy atom. The molecule has 1 nitrogen and oxygen atoms in total. The van der Waals surface area contributed by atoms with Crippen molar-refractivity contribution in [2.75, 3.05) is 20.6 Å². The number of nitrogens with zero attached hydrogens (tertiary/aromatic N) is 1. The van der Waals surface area contributed by atoms with Crippen LogP contribution in [0.3, 0.4) is 0 Å². The van der Waals surface area contributed by atoms with Gasteiger partial charge in [0, 0.05) is 20.6 Å². The minimum atomic E-state index is 0.518. The molecule has 0 saturated carbocycles. The highest BCUT2D eigenvalue weighted by atomic mass is 15.2. The summed E-state index contributed by atoms with van der Waals surface area (Å²) in [5.74, 6) is 0. The van der Waals surface area contributed by atoms with E-state index >= 15 is 0 Å². The van der Waals surface area contributed by atoms with Crippen molar-refractivity contribution in [2.45, 2.75) is 19.8 Å². The topological polar surface area (TPSA) is 0 Å². The Morgan fingerprint density at radius 2 is 1.88 bits per heavy atom. The van der Waals surface area contributed by atoms with Crippen LogP contribution in [0.4, 0.5) is 0 Å². The van der Waals surface area contributed by atoms with Crippen LogP contribution in [0, 0.1) is 0 Å². The Balaban J connectivity index is 3.11. The van der Waals surface area contributed by atoms with Crippen LogP contribution in [-0.2, 0) is 0 Å². The molecule has 0 aliphatic carbocycles. The Kier molecular flexibility index (Phi) is 3.14. The molecule has 0 atom stereocenters. The van der Waals surface area contributed by atoms with Crippen LogP contribution < -0.4 is 0 Å². The first-order chi connectivity index (χ1) is 3.56. The van der Waals surface area contributed by atoms with E-state index in [0.29, 0.717) is 7.98 Å². The molecule has 0 aromatic rings. The first-order valence-electron chi connectivity index (χ1n) is 2.92. The second-order valence-corrected chi connectivity index (χ2v) is 2.16. The molecule has 0 amide bonds. The second kappa shape index (κ2) is 3.13. The van der Waals surface area contributed by atoms with E-state index < -0.39 is 0 Å². The molecule has 50 valence electrons. The van der Waals surface area contributed by atoms with Gasteiger partial charge >= 0.3 is 0 Å². The predicted octanol–water partition coefficient (Wildman–Crippen LogP) is 0.143. The molecule has 8 heavy (non-hydrogen) atoms. The van der Waals surface area contributed by atoms with Crippen molar-refractivity contribution in [1.29, 1.82) is 0 Å². The van der Waals surface area contributed by atoms with Crippen molar-refractivity contribution in [2.24, 2.45) is 0 Å². The summed E-state index contributed by atoms with van der Waals surface area (Å²) in [6.45, 7) is 3.67. The standard InChI is InChI=1S/C6H18BN/c1-4-5-6-8(2,3)7/h4-6H2,1-3,7H3. The Labute approximate surface area is 53.7 Å². The molecule has 0 bridgehead atoms.